The van der Waals surface area contributed by atoms with E-state index >= 15 is 0 Å². The highest BCUT2D eigenvalue weighted by molar-refractivity contribution is 7.15. The third kappa shape index (κ3) is 2.61. The third-order valence-electron chi connectivity index (χ3n) is 3.63. The first-order chi connectivity index (χ1) is 11.6. The van der Waals surface area contributed by atoms with Gasteiger partial charge in [0.25, 0.3) is 5.56 Å². The summed E-state index contributed by atoms with van der Waals surface area (Å²) in [6, 6.07) is 13.8. The Labute approximate surface area is 140 Å². The first-order valence-electron chi connectivity index (χ1n) is 7.34. The number of thiazole rings is 1. The number of hydrogen-bond donors (Lipinski definition) is 0. The Kier molecular flexibility index (Phi) is 3.46. The van der Waals surface area contributed by atoms with E-state index in [4.69, 9.17) is 0 Å². The summed E-state index contributed by atoms with van der Waals surface area (Å²) in [6.45, 7) is 2.00. The van der Waals surface area contributed by atoms with Crippen LogP contribution in [0.3, 0.4) is 0 Å². The average Bonchev–Trinajstić information content (AvgIpc) is 3.10. The standard InChI is InChI=1S/C18H12FN3OS/c1-11-3-2-4-13(9-11)16-20-18-22(21-16)17(23)15(24-18)10-12-5-7-14(19)8-6-12/h2-10H,1H3. The molecule has 0 aliphatic carbocycles. The molecule has 0 saturated carbocycles. The zero-order valence-corrected chi connectivity index (χ0v) is 13.5. The molecule has 0 N–H and O–H groups in total. The average molecular weight is 337 g/mol. The van der Waals surface area contributed by atoms with Crippen molar-refractivity contribution >= 4 is 22.4 Å². The van der Waals surface area contributed by atoms with Gasteiger partial charge in [0, 0.05) is 5.56 Å². The van der Waals surface area contributed by atoms with E-state index in [0.717, 1.165) is 16.7 Å². The number of aryl methyl sites for hydroxylation is 1. The molecule has 4 aromatic rings. The van der Waals surface area contributed by atoms with Gasteiger partial charge in [0.05, 0.1) is 4.53 Å². The molecule has 24 heavy (non-hydrogen) atoms. The number of halogens is 1. The fraction of sp³-hybridized carbons (Fsp3) is 0.0556. The molecule has 0 aliphatic rings. The fourth-order valence-electron chi connectivity index (χ4n) is 2.45. The van der Waals surface area contributed by atoms with Crippen LogP contribution in [0.4, 0.5) is 4.39 Å². The summed E-state index contributed by atoms with van der Waals surface area (Å²) in [4.78, 5) is 17.5. The molecule has 4 nitrogen and oxygen atoms in total. The van der Waals surface area contributed by atoms with Gasteiger partial charge in [-0.3, -0.25) is 4.79 Å². The second-order valence-corrected chi connectivity index (χ2v) is 6.48. The first kappa shape index (κ1) is 14.7. The van der Waals surface area contributed by atoms with E-state index in [1.165, 1.54) is 28.0 Å². The van der Waals surface area contributed by atoms with Gasteiger partial charge in [-0.15, -0.1) is 5.10 Å². The summed E-state index contributed by atoms with van der Waals surface area (Å²) in [5.41, 5.74) is 2.54. The molecule has 2 aromatic heterocycles. The molecule has 0 bridgehead atoms. The van der Waals surface area contributed by atoms with Crippen LogP contribution >= 0.6 is 11.3 Å². The molecule has 0 saturated heterocycles. The van der Waals surface area contributed by atoms with Gasteiger partial charge < -0.3 is 0 Å². The molecule has 0 radical (unpaired) electrons. The predicted molar refractivity (Wildman–Crippen MR) is 92.5 cm³/mol. The lowest BCUT2D eigenvalue weighted by Crippen LogP contribution is -2.23. The van der Waals surface area contributed by atoms with Crippen LogP contribution in [0.15, 0.2) is 53.3 Å². The van der Waals surface area contributed by atoms with E-state index < -0.39 is 0 Å². The van der Waals surface area contributed by atoms with E-state index in [1.54, 1.807) is 18.2 Å². The smallest absolute Gasteiger partial charge is 0.266 e. The minimum absolute atomic E-state index is 0.217. The Morgan fingerprint density at radius 2 is 1.96 bits per heavy atom. The molecule has 0 fully saturated rings. The van der Waals surface area contributed by atoms with Crippen LogP contribution in [-0.4, -0.2) is 14.6 Å². The van der Waals surface area contributed by atoms with Crippen LogP contribution in [0.2, 0.25) is 0 Å². The molecule has 118 valence electrons. The monoisotopic (exact) mass is 337 g/mol. The van der Waals surface area contributed by atoms with Crippen molar-refractivity contribution in [3.63, 3.8) is 0 Å². The highest BCUT2D eigenvalue weighted by Gasteiger charge is 2.11. The highest BCUT2D eigenvalue weighted by atomic mass is 32.1. The number of fused-ring (bicyclic) bond motifs is 1. The number of rotatable bonds is 2. The van der Waals surface area contributed by atoms with Crippen molar-refractivity contribution in [1.82, 2.24) is 14.6 Å². The Morgan fingerprint density at radius 1 is 1.17 bits per heavy atom. The molecule has 0 spiro atoms. The summed E-state index contributed by atoms with van der Waals surface area (Å²) >= 11 is 1.27. The van der Waals surface area contributed by atoms with E-state index in [-0.39, 0.29) is 11.4 Å². The van der Waals surface area contributed by atoms with Gasteiger partial charge in [0.1, 0.15) is 5.82 Å². The van der Waals surface area contributed by atoms with E-state index in [9.17, 15) is 9.18 Å². The third-order valence-corrected chi connectivity index (χ3v) is 4.59. The Morgan fingerprint density at radius 3 is 2.67 bits per heavy atom. The molecule has 0 amide bonds. The Hall–Kier alpha value is -2.86. The molecular weight excluding hydrogens is 325 g/mol. The van der Waals surface area contributed by atoms with Gasteiger partial charge in [0.15, 0.2) is 5.82 Å². The van der Waals surface area contributed by atoms with Gasteiger partial charge in [-0.2, -0.15) is 9.50 Å². The molecule has 0 atom stereocenters. The molecule has 2 heterocycles. The van der Waals surface area contributed by atoms with Crippen molar-refractivity contribution in [1.29, 1.82) is 0 Å². The van der Waals surface area contributed by atoms with Gasteiger partial charge in [-0.05, 0) is 36.8 Å². The van der Waals surface area contributed by atoms with E-state index in [1.807, 2.05) is 31.2 Å². The molecule has 0 aliphatic heterocycles. The Balaban J connectivity index is 1.81. The van der Waals surface area contributed by atoms with Gasteiger partial charge in [0.2, 0.25) is 4.96 Å². The zero-order chi connectivity index (χ0) is 16.7. The highest BCUT2D eigenvalue weighted by Crippen LogP contribution is 2.17. The topological polar surface area (TPSA) is 47.3 Å². The summed E-state index contributed by atoms with van der Waals surface area (Å²) in [5, 5.41) is 4.32. The number of benzene rings is 2. The SMILES string of the molecule is Cc1cccc(-c2nc3sc(=Cc4ccc(F)cc4)c(=O)n3n2)c1. The maximum atomic E-state index is 13.0. The molecule has 6 heteroatoms. The quantitative estimate of drug-likeness (QED) is 0.565. The van der Waals surface area contributed by atoms with Crippen LogP contribution in [0, 0.1) is 12.7 Å². The summed E-state index contributed by atoms with van der Waals surface area (Å²) < 4.78 is 14.8. The normalized spacial score (nSPS) is 12.2. The second kappa shape index (κ2) is 5.65. The largest absolute Gasteiger partial charge is 0.291 e. The molecular formula is C18H12FN3OS. The summed E-state index contributed by atoms with van der Waals surface area (Å²) in [6.07, 6.45) is 1.72. The number of hydrogen-bond acceptors (Lipinski definition) is 4. The summed E-state index contributed by atoms with van der Waals surface area (Å²) in [5.74, 6) is 0.232. The lowest BCUT2D eigenvalue weighted by molar-refractivity contribution is 0.628. The molecule has 2 aromatic carbocycles. The van der Waals surface area contributed by atoms with Crippen molar-refractivity contribution in [2.75, 3.05) is 0 Å². The minimum atomic E-state index is -0.306. The van der Waals surface area contributed by atoms with Crippen molar-refractivity contribution in [3.05, 3.63) is 80.4 Å². The Bertz CT molecular complexity index is 1150. The van der Waals surface area contributed by atoms with Crippen LogP contribution in [0.5, 0.6) is 0 Å². The molecule has 0 unspecified atom stereocenters. The lowest BCUT2D eigenvalue weighted by atomic mass is 10.1. The van der Waals surface area contributed by atoms with Gasteiger partial charge >= 0.3 is 0 Å². The van der Waals surface area contributed by atoms with Crippen molar-refractivity contribution in [2.24, 2.45) is 0 Å². The molecule has 4 rings (SSSR count). The maximum absolute atomic E-state index is 13.0. The van der Waals surface area contributed by atoms with Crippen molar-refractivity contribution in [2.45, 2.75) is 6.92 Å². The number of nitrogens with zero attached hydrogens (tertiary/aromatic N) is 3. The van der Waals surface area contributed by atoms with Crippen LogP contribution < -0.4 is 10.1 Å². The minimum Gasteiger partial charge on any atom is -0.266 e. The van der Waals surface area contributed by atoms with Crippen molar-refractivity contribution in [3.8, 4) is 11.4 Å². The first-order valence-corrected chi connectivity index (χ1v) is 8.16. The van der Waals surface area contributed by atoms with Gasteiger partial charge in [-0.1, -0.05) is 47.2 Å². The van der Waals surface area contributed by atoms with Gasteiger partial charge in [-0.25, -0.2) is 4.39 Å². The summed E-state index contributed by atoms with van der Waals surface area (Å²) in [7, 11) is 0. The predicted octanol–water partition coefficient (Wildman–Crippen LogP) is 2.81. The van der Waals surface area contributed by atoms with Crippen LogP contribution in [-0.2, 0) is 0 Å². The lowest BCUT2D eigenvalue weighted by Gasteiger charge is -1.95. The number of aromatic nitrogens is 3. The van der Waals surface area contributed by atoms with Crippen LogP contribution in [0.1, 0.15) is 11.1 Å². The maximum Gasteiger partial charge on any atom is 0.291 e. The van der Waals surface area contributed by atoms with E-state index in [0.29, 0.717) is 15.3 Å². The van der Waals surface area contributed by atoms with Crippen molar-refractivity contribution < 1.29 is 4.39 Å². The van der Waals surface area contributed by atoms with Crippen LogP contribution in [0.25, 0.3) is 22.4 Å². The second-order valence-electron chi connectivity index (χ2n) is 5.47. The zero-order valence-electron chi connectivity index (χ0n) is 12.7. The fourth-order valence-corrected chi connectivity index (χ4v) is 3.36. The van der Waals surface area contributed by atoms with E-state index in [2.05, 4.69) is 10.1 Å².